The van der Waals surface area contributed by atoms with E-state index in [1.165, 1.54) is 0 Å². The van der Waals surface area contributed by atoms with E-state index in [0.717, 1.165) is 28.8 Å². The Bertz CT molecular complexity index is 714. The Balaban J connectivity index is 2.08. The number of benzene rings is 2. The van der Waals surface area contributed by atoms with Gasteiger partial charge < -0.3 is 10.4 Å². The van der Waals surface area contributed by atoms with Crippen LogP contribution in [0.1, 0.15) is 23.1 Å². The number of carboxylic acid groups (broad SMARTS) is 1. The summed E-state index contributed by atoms with van der Waals surface area (Å²) in [4.78, 5) is 12.0. The summed E-state index contributed by atoms with van der Waals surface area (Å²) >= 11 is 5.99. The van der Waals surface area contributed by atoms with Crippen LogP contribution in [0.3, 0.4) is 0 Å². The van der Waals surface area contributed by atoms with Gasteiger partial charge in [0, 0.05) is 10.7 Å². The van der Waals surface area contributed by atoms with Crippen LogP contribution in [0.2, 0.25) is 5.02 Å². The molecule has 4 heteroatoms. The van der Waals surface area contributed by atoms with Crippen molar-refractivity contribution in [2.45, 2.75) is 25.3 Å². The van der Waals surface area contributed by atoms with Gasteiger partial charge in [-0.1, -0.05) is 41.4 Å². The van der Waals surface area contributed by atoms with Crippen LogP contribution < -0.4 is 5.32 Å². The molecule has 3 nitrogen and oxygen atoms in total. The number of carbonyl (C=O) groups is 1. The Morgan fingerprint density at radius 1 is 1.29 bits per heavy atom. The predicted octanol–water partition coefficient (Wildman–Crippen LogP) is 3.99. The molecule has 0 amide bonds. The van der Waals surface area contributed by atoms with Crippen LogP contribution in [-0.4, -0.2) is 11.1 Å². The number of nitrogens with one attached hydrogen (secondary N) is 1. The van der Waals surface area contributed by atoms with E-state index in [2.05, 4.69) is 5.32 Å². The van der Waals surface area contributed by atoms with Crippen LogP contribution in [-0.2, 0) is 16.8 Å². The van der Waals surface area contributed by atoms with Crippen molar-refractivity contribution < 1.29 is 9.90 Å². The summed E-state index contributed by atoms with van der Waals surface area (Å²) in [5.74, 6) is -0.855. The van der Waals surface area contributed by atoms with Crippen LogP contribution in [0.5, 0.6) is 0 Å². The molecule has 2 aromatic carbocycles. The lowest BCUT2D eigenvalue weighted by Crippen LogP contribution is -2.41. The molecule has 2 aromatic rings. The highest BCUT2D eigenvalue weighted by atomic mass is 35.5. The second kappa shape index (κ2) is 5.08. The van der Waals surface area contributed by atoms with Gasteiger partial charge in [-0.15, -0.1) is 0 Å². The lowest BCUT2D eigenvalue weighted by atomic mass is 9.90. The van der Waals surface area contributed by atoms with Crippen molar-refractivity contribution in [2.24, 2.45) is 0 Å². The zero-order chi connectivity index (χ0) is 15.0. The van der Waals surface area contributed by atoms with E-state index in [1.807, 2.05) is 37.3 Å². The quantitative estimate of drug-likeness (QED) is 0.901. The molecule has 0 aliphatic heterocycles. The smallest absolute Gasteiger partial charge is 0.334 e. The number of anilines is 1. The molecule has 0 radical (unpaired) electrons. The average Bonchev–Trinajstić information content (AvgIpc) is 2.78. The third-order valence-electron chi connectivity index (χ3n) is 4.04. The Kier molecular flexibility index (Phi) is 3.38. The molecule has 0 aromatic heterocycles. The topological polar surface area (TPSA) is 49.3 Å². The molecular formula is C17H16ClNO2. The molecule has 1 aliphatic rings. The molecule has 0 saturated heterocycles. The third kappa shape index (κ3) is 2.38. The van der Waals surface area contributed by atoms with Crippen molar-refractivity contribution in [3.63, 3.8) is 0 Å². The summed E-state index contributed by atoms with van der Waals surface area (Å²) in [6, 6.07) is 13.2. The van der Waals surface area contributed by atoms with Gasteiger partial charge in [0.2, 0.25) is 0 Å². The monoisotopic (exact) mass is 301 g/mol. The van der Waals surface area contributed by atoms with Crippen LogP contribution in [0.15, 0.2) is 42.5 Å². The second-order valence-corrected chi connectivity index (χ2v) is 5.94. The predicted molar refractivity (Wildman–Crippen MR) is 83.9 cm³/mol. The number of hydrogen-bond donors (Lipinski definition) is 2. The van der Waals surface area contributed by atoms with Crippen molar-refractivity contribution >= 4 is 23.3 Å². The maximum absolute atomic E-state index is 12.0. The molecule has 1 atom stereocenters. The highest BCUT2D eigenvalue weighted by molar-refractivity contribution is 6.30. The fourth-order valence-corrected chi connectivity index (χ4v) is 3.17. The number of aliphatic carboxylic acids is 1. The summed E-state index contributed by atoms with van der Waals surface area (Å²) in [5, 5.41) is 13.6. The van der Waals surface area contributed by atoms with Gasteiger partial charge in [-0.3, -0.25) is 0 Å². The molecule has 3 rings (SSSR count). The molecule has 0 heterocycles. The summed E-state index contributed by atoms with van der Waals surface area (Å²) in [6.07, 6.45) is 1.29. The Morgan fingerprint density at radius 2 is 2.10 bits per heavy atom. The van der Waals surface area contributed by atoms with Crippen LogP contribution in [0.25, 0.3) is 0 Å². The average molecular weight is 302 g/mol. The summed E-state index contributed by atoms with van der Waals surface area (Å²) < 4.78 is 0. The zero-order valence-electron chi connectivity index (χ0n) is 11.7. The van der Waals surface area contributed by atoms with Crippen molar-refractivity contribution in [1.29, 1.82) is 0 Å². The Hall–Kier alpha value is -2.00. The number of fused-ring (bicyclic) bond motifs is 1. The zero-order valence-corrected chi connectivity index (χ0v) is 12.4. The van der Waals surface area contributed by atoms with Gasteiger partial charge in [0.25, 0.3) is 0 Å². The largest absolute Gasteiger partial charge is 0.479 e. The van der Waals surface area contributed by atoms with E-state index in [4.69, 9.17) is 11.6 Å². The standard InChI is InChI=1S/C17H16ClNO2/c1-11-5-6-12-7-8-17(16(20)21,15(12)9-11)19-14-4-2-3-13(18)10-14/h2-6,9-10,19H,7-8H2,1H3,(H,20,21). The van der Waals surface area contributed by atoms with E-state index in [0.29, 0.717) is 11.4 Å². The first-order valence-corrected chi connectivity index (χ1v) is 7.26. The molecular weight excluding hydrogens is 286 g/mol. The molecule has 2 N–H and O–H groups in total. The lowest BCUT2D eigenvalue weighted by Gasteiger charge is -2.28. The van der Waals surface area contributed by atoms with E-state index in [1.54, 1.807) is 12.1 Å². The second-order valence-electron chi connectivity index (χ2n) is 5.51. The number of rotatable bonds is 3. The van der Waals surface area contributed by atoms with Gasteiger partial charge in [-0.25, -0.2) is 4.79 Å². The fraction of sp³-hybridized carbons (Fsp3) is 0.235. The van der Waals surface area contributed by atoms with Crippen LogP contribution >= 0.6 is 11.6 Å². The number of hydrogen-bond acceptors (Lipinski definition) is 2. The van der Waals surface area contributed by atoms with Crippen molar-refractivity contribution in [1.82, 2.24) is 0 Å². The first-order chi connectivity index (χ1) is 10.0. The van der Waals surface area contributed by atoms with E-state index in [9.17, 15) is 9.90 Å². The summed E-state index contributed by atoms with van der Waals surface area (Å²) in [7, 11) is 0. The van der Waals surface area contributed by atoms with E-state index >= 15 is 0 Å². The van der Waals surface area contributed by atoms with Gasteiger partial charge >= 0.3 is 5.97 Å². The highest BCUT2D eigenvalue weighted by Gasteiger charge is 2.45. The molecule has 0 fully saturated rings. The van der Waals surface area contributed by atoms with Crippen LogP contribution in [0.4, 0.5) is 5.69 Å². The van der Waals surface area contributed by atoms with Crippen molar-refractivity contribution in [2.75, 3.05) is 5.32 Å². The van der Waals surface area contributed by atoms with Crippen LogP contribution in [0, 0.1) is 6.92 Å². The summed E-state index contributed by atoms with van der Waals surface area (Å²) in [6.45, 7) is 1.98. The fourth-order valence-electron chi connectivity index (χ4n) is 2.98. The first kappa shape index (κ1) is 14.0. The molecule has 1 aliphatic carbocycles. The third-order valence-corrected chi connectivity index (χ3v) is 4.28. The maximum Gasteiger partial charge on any atom is 0.334 e. The van der Waals surface area contributed by atoms with Crippen molar-refractivity contribution in [3.05, 3.63) is 64.2 Å². The highest BCUT2D eigenvalue weighted by Crippen LogP contribution is 2.40. The molecule has 0 spiro atoms. The first-order valence-electron chi connectivity index (χ1n) is 6.88. The van der Waals surface area contributed by atoms with Gasteiger partial charge in [-0.2, -0.15) is 0 Å². The van der Waals surface area contributed by atoms with Gasteiger partial charge in [0.15, 0.2) is 5.54 Å². The normalized spacial score (nSPS) is 20.1. The molecule has 0 saturated carbocycles. The maximum atomic E-state index is 12.0. The number of halogens is 1. The molecule has 21 heavy (non-hydrogen) atoms. The van der Waals surface area contributed by atoms with Gasteiger partial charge in [0.05, 0.1) is 0 Å². The Morgan fingerprint density at radius 3 is 2.81 bits per heavy atom. The minimum Gasteiger partial charge on any atom is -0.479 e. The molecule has 108 valence electrons. The molecule has 1 unspecified atom stereocenters. The summed E-state index contributed by atoms with van der Waals surface area (Å²) in [5.41, 5.74) is 2.66. The minimum absolute atomic E-state index is 0.535. The molecule has 0 bridgehead atoms. The van der Waals surface area contributed by atoms with Gasteiger partial charge in [-0.05, 0) is 49.1 Å². The minimum atomic E-state index is -1.08. The van der Waals surface area contributed by atoms with Crippen molar-refractivity contribution in [3.8, 4) is 0 Å². The van der Waals surface area contributed by atoms with E-state index in [-0.39, 0.29) is 0 Å². The van der Waals surface area contributed by atoms with Gasteiger partial charge in [0.1, 0.15) is 0 Å². The number of aryl methyl sites for hydroxylation is 2. The number of carboxylic acids is 1. The lowest BCUT2D eigenvalue weighted by molar-refractivity contribution is -0.142. The Labute approximate surface area is 128 Å². The SMILES string of the molecule is Cc1ccc2c(c1)C(Nc1cccc(Cl)c1)(C(=O)O)CC2. The van der Waals surface area contributed by atoms with E-state index < -0.39 is 11.5 Å².